The molecule has 0 rings (SSSR count). The maximum Gasteiger partial charge on any atom is 0.138 e. The fourth-order valence-corrected chi connectivity index (χ4v) is 4.06. The van der Waals surface area contributed by atoms with Gasteiger partial charge in [-0.05, 0) is 6.42 Å². The lowest BCUT2D eigenvalue weighted by Crippen LogP contribution is -2.36. The number of unbranched alkanes of at least 4 members (excludes halogenated alkanes) is 3. The first-order chi connectivity index (χ1) is 8.19. The minimum absolute atomic E-state index is 0.517. The minimum atomic E-state index is -1.76. The van der Waals surface area contributed by atoms with Crippen LogP contribution in [0.5, 0.6) is 0 Å². The van der Waals surface area contributed by atoms with E-state index in [0.29, 0.717) is 5.41 Å². The van der Waals surface area contributed by atoms with E-state index in [9.17, 15) is 4.79 Å². The molecule has 0 aromatic rings. The zero-order chi connectivity index (χ0) is 14.2. The molecule has 0 heterocycles. The predicted octanol–water partition coefficient (Wildman–Crippen LogP) is 4.65. The first-order valence-electron chi connectivity index (χ1n) is 7.22. The summed E-state index contributed by atoms with van der Waals surface area (Å²) in [7, 11) is -3.03. The average Bonchev–Trinajstić information content (AvgIpc) is 2.21. The smallest absolute Gasteiger partial charge is 0.138 e. The lowest BCUT2D eigenvalue weighted by Gasteiger charge is -2.17. The first kappa shape index (κ1) is 17.7. The average molecular weight is 283 g/mol. The highest BCUT2D eigenvalue weighted by Gasteiger charge is 2.28. The molecule has 0 aliphatic carbocycles. The molecule has 1 nitrogen and oxygen atoms in total. The monoisotopic (exact) mass is 282 g/mol. The second-order valence-electron chi connectivity index (χ2n) is 6.85. The standard InChI is InChI=1S/C15H30OSi2/c1-7-8-9-10-12-15(16)18(5,6)14-11-13-17(2,3)4/h7-10,12,14H2,1-6H3. The Morgan fingerprint density at radius 3 is 2.11 bits per heavy atom. The summed E-state index contributed by atoms with van der Waals surface area (Å²) < 4.78 is 0. The van der Waals surface area contributed by atoms with Crippen molar-refractivity contribution in [3.05, 3.63) is 0 Å². The minimum Gasteiger partial charge on any atom is -0.305 e. The van der Waals surface area contributed by atoms with Gasteiger partial charge in [0.25, 0.3) is 0 Å². The Hall–Kier alpha value is -0.336. The largest absolute Gasteiger partial charge is 0.305 e. The van der Waals surface area contributed by atoms with Crippen LogP contribution in [-0.4, -0.2) is 21.6 Å². The molecule has 0 aromatic heterocycles. The van der Waals surface area contributed by atoms with Crippen molar-refractivity contribution in [3.63, 3.8) is 0 Å². The van der Waals surface area contributed by atoms with E-state index < -0.39 is 16.1 Å². The third kappa shape index (κ3) is 8.71. The maximum absolute atomic E-state index is 12.2. The molecular weight excluding hydrogens is 252 g/mol. The molecule has 0 unspecified atom stereocenters. The Labute approximate surface area is 116 Å². The first-order valence-corrected chi connectivity index (χ1v) is 13.9. The van der Waals surface area contributed by atoms with Crippen molar-refractivity contribution in [3.8, 4) is 11.5 Å². The van der Waals surface area contributed by atoms with Gasteiger partial charge in [0, 0.05) is 12.5 Å². The highest BCUT2D eigenvalue weighted by atomic mass is 28.3. The molecule has 0 spiro atoms. The highest BCUT2D eigenvalue weighted by Crippen LogP contribution is 2.15. The normalized spacial score (nSPS) is 11.9. The molecular formula is C15H30OSi2. The van der Waals surface area contributed by atoms with Gasteiger partial charge in [0.1, 0.15) is 21.6 Å². The van der Waals surface area contributed by atoms with E-state index in [2.05, 4.69) is 51.1 Å². The Morgan fingerprint density at radius 1 is 1.00 bits per heavy atom. The molecule has 0 bridgehead atoms. The lowest BCUT2D eigenvalue weighted by atomic mass is 10.2. The highest BCUT2D eigenvalue weighted by molar-refractivity contribution is 7.04. The molecule has 0 radical (unpaired) electrons. The van der Waals surface area contributed by atoms with E-state index >= 15 is 0 Å². The summed E-state index contributed by atoms with van der Waals surface area (Å²) in [4.78, 5) is 12.2. The quantitative estimate of drug-likeness (QED) is 0.377. The Bertz CT molecular complexity index is 316. The van der Waals surface area contributed by atoms with Gasteiger partial charge >= 0.3 is 0 Å². The van der Waals surface area contributed by atoms with Crippen LogP contribution in [0.4, 0.5) is 0 Å². The molecule has 0 fully saturated rings. The van der Waals surface area contributed by atoms with Crippen LogP contribution >= 0.6 is 0 Å². The van der Waals surface area contributed by atoms with Crippen LogP contribution in [0.1, 0.15) is 39.0 Å². The fraction of sp³-hybridized carbons (Fsp3) is 0.800. The Balaban J connectivity index is 4.18. The summed E-state index contributed by atoms with van der Waals surface area (Å²) in [6.07, 6.45) is 5.55. The van der Waals surface area contributed by atoms with Crippen molar-refractivity contribution >= 4 is 21.6 Å². The summed E-state index contributed by atoms with van der Waals surface area (Å²) >= 11 is 0. The molecule has 0 aliphatic rings. The topological polar surface area (TPSA) is 17.1 Å². The van der Waals surface area contributed by atoms with E-state index in [1.165, 1.54) is 19.3 Å². The van der Waals surface area contributed by atoms with Gasteiger partial charge in [0.15, 0.2) is 0 Å². The number of carbonyl (C=O) groups is 1. The molecule has 0 amide bonds. The van der Waals surface area contributed by atoms with Gasteiger partial charge in [-0.3, -0.25) is 0 Å². The second kappa shape index (κ2) is 7.96. The van der Waals surface area contributed by atoms with Gasteiger partial charge < -0.3 is 4.79 Å². The molecule has 0 N–H and O–H groups in total. The van der Waals surface area contributed by atoms with Crippen molar-refractivity contribution in [2.75, 3.05) is 0 Å². The van der Waals surface area contributed by atoms with Gasteiger partial charge in [-0.25, -0.2) is 0 Å². The van der Waals surface area contributed by atoms with E-state index in [1.807, 2.05) is 0 Å². The van der Waals surface area contributed by atoms with Crippen LogP contribution in [0.3, 0.4) is 0 Å². The SMILES string of the molecule is CCCCCCC(=O)[Si](C)(C)CC#C[Si](C)(C)C. The number of hydrogen-bond acceptors (Lipinski definition) is 1. The third-order valence-corrected chi connectivity index (χ3v) is 6.75. The molecule has 104 valence electrons. The number of hydrogen-bond donors (Lipinski definition) is 0. The molecule has 0 aromatic carbocycles. The van der Waals surface area contributed by atoms with Gasteiger partial charge in [-0.1, -0.05) is 58.9 Å². The maximum atomic E-state index is 12.2. The van der Waals surface area contributed by atoms with Crippen molar-refractivity contribution < 1.29 is 4.79 Å². The van der Waals surface area contributed by atoms with Crippen molar-refractivity contribution in [1.29, 1.82) is 0 Å². The van der Waals surface area contributed by atoms with Gasteiger partial charge in [0.05, 0.1) is 0 Å². The zero-order valence-corrected chi connectivity index (χ0v) is 15.2. The van der Waals surface area contributed by atoms with Gasteiger partial charge in [-0.15, -0.1) is 11.5 Å². The molecule has 0 saturated heterocycles. The van der Waals surface area contributed by atoms with Gasteiger partial charge in [0.2, 0.25) is 0 Å². The van der Waals surface area contributed by atoms with Gasteiger partial charge in [-0.2, -0.15) is 0 Å². The third-order valence-electron chi connectivity index (χ3n) is 3.01. The molecule has 0 atom stereocenters. The Kier molecular flexibility index (Phi) is 7.81. The van der Waals surface area contributed by atoms with Crippen LogP contribution in [0.2, 0.25) is 38.8 Å². The van der Waals surface area contributed by atoms with Crippen LogP contribution in [0, 0.1) is 11.5 Å². The summed E-state index contributed by atoms with van der Waals surface area (Å²) in [5.74, 6) is 3.30. The van der Waals surface area contributed by atoms with Crippen molar-refractivity contribution in [2.45, 2.75) is 77.8 Å². The molecule has 0 aliphatic heterocycles. The summed E-state index contributed by atoms with van der Waals surface area (Å²) in [6.45, 7) is 13.3. The second-order valence-corrected chi connectivity index (χ2v) is 16.3. The summed E-state index contributed by atoms with van der Waals surface area (Å²) in [5, 5.41) is 0.517. The lowest BCUT2D eigenvalue weighted by molar-refractivity contribution is -0.112. The zero-order valence-electron chi connectivity index (χ0n) is 13.2. The van der Waals surface area contributed by atoms with Crippen LogP contribution in [0.15, 0.2) is 0 Å². The van der Waals surface area contributed by atoms with Crippen LogP contribution < -0.4 is 0 Å². The number of carbonyl (C=O) groups excluding carboxylic acids is 1. The molecule has 3 heteroatoms. The molecule has 0 saturated carbocycles. The predicted molar refractivity (Wildman–Crippen MR) is 87.2 cm³/mol. The van der Waals surface area contributed by atoms with Crippen LogP contribution in [0.25, 0.3) is 0 Å². The summed E-state index contributed by atoms with van der Waals surface area (Å²) in [6, 6.07) is 0.851. The van der Waals surface area contributed by atoms with E-state index in [1.54, 1.807) is 0 Å². The van der Waals surface area contributed by atoms with E-state index in [-0.39, 0.29) is 0 Å². The Morgan fingerprint density at radius 2 is 1.61 bits per heavy atom. The summed E-state index contributed by atoms with van der Waals surface area (Å²) in [5.41, 5.74) is 3.38. The van der Waals surface area contributed by atoms with Crippen molar-refractivity contribution in [2.24, 2.45) is 0 Å². The van der Waals surface area contributed by atoms with Crippen LogP contribution in [-0.2, 0) is 4.79 Å². The van der Waals surface area contributed by atoms with Crippen molar-refractivity contribution in [1.82, 2.24) is 0 Å². The van der Waals surface area contributed by atoms with E-state index in [4.69, 9.17) is 0 Å². The fourth-order valence-electron chi connectivity index (χ4n) is 1.68. The van der Waals surface area contributed by atoms with E-state index in [0.717, 1.165) is 18.9 Å². The number of rotatable bonds is 7. The molecule has 18 heavy (non-hydrogen) atoms.